The fourth-order valence-electron chi connectivity index (χ4n) is 0.897. The van der Waals surface area contributed by atoms with Crippen molar-refractivity contribution >= 4 is 21.6 Å². The molecule has 0 unspecified atom stereocenters. The lowest BCUT2D eigenvalue weighted by Gasteiger charge is -2.07. The van der Waals surface area contributed by atoms with Crippen molar-refractivity contribution in [2.75, 3.05) is 18.9 Å². The number of aliphatic hydroxyl groups excluding tert-OH is 1. The predicted molar refractivity (Wildman–Crippen MR) is 55.8 cm³/mol. The molecule has 0 fully saturated rings. The summed E-state index contributed by atoms with van der Waals surface area (Å²) in [4.78, 5) is 0. The Morgan fingerprint density at radius 2 is 2.23 bits per heavy atom. The smallest absolute Gasteiger partial charge is 0.142 e. The summed E-state index contributed by atoms with van der Waals surface area (Å²) >= 11 is 3.30. The molecule has 0 aromatic heterocycles. The molecular formula is C9H12BrNO2. The minimum absolute atomic E-state index is 0.135. The number of halogens is 1. The highest BCUT2D eigenvalue weighted by atomic mass is 79.9. The fourth-order valence-corrected chi connectivity index (χ4v) is 1.28. The van der Waals surface area contributed by atoms with Crippen LogP contribution in [-0.4, -0.2) is 18.3 Å². The first-order valence-electron chi connectivity index (χ1n) is 4.02. The third-order valence-electron chi connectivity index (χ3n) is 1.53. The highest BCUT2D eigenvalue weighted by molar-refractivity contribution is 9.10. The van der Waals surface area contributed by atoms with Crippen molar-refractivity contribution in [1.29, 1.82) is 0 Å². The number of hydrogen-bond donors (Lipinski definition) is 2. The summed E-state index contributed by atoms with van der Waals surface area (Å²) in [5.41, 5.74) is 6.29. The second-order valence-corrected chi connectivity index (χ2v) is 3.52. The summed E-state index contributed by atoms with van der Waals surface area (Å²) in [7, 11) is 0. The number of aliphatic hydroxyl groups is 1. The second-order valence-electron chi connectivity index (χ2n) is 2.61. The van der Waals surface area contributed by atoms with Gasteiger partial charge in [-0.25, -0.2) is 0 Å². The quantitative estimate of drug-likeness (QED) is 0.629. The van der Waals surface area contributed by atoms with Gasteiger partial charge >= 0.3 is 0 Å². The molecule has 13 heavy (non-hydrogen) atoms. The van der Waals surface area contributed by atoms with E-state index in [2.05, 4.69) is 15.9 Å². The summed E-state index contributed by atoms with van der Waals surface area (Å²) in [5.74, 6) is 0.664. The number of ether oxygens (including phenoxy) is 1. The molecule has 0 radical (unpaired) electrons. The van der Waals surface area contributed by atoms with Gasteiger partial charge in [0.05, 0.1) is 12.3 Å². The van der Waals surface area contributed by atoms with E-state index in [1.165, 1.54) is 0 Å². The Bertz CT molecular complexity index is 278. The maximum absolute atomic E-state index is 8.54. The first-order chi connectivity index (χ1) is 6.24. The van der Waals surface area contributed by atoms with Crippen molar-refractivity contribution in [3.63, 3.8) is 0 Å². The number of nitrogens with two attached hydrogens (primary N) is 1. The van der Waals surface area contributed by atoms with Crippen LogP contribution in [0.25, 0.3) is 0 Å². The molecule has 0 heterocycles. The topological polar surface area (TPSA) is 55.5 Å². The molecule has 0 saturated carbocycles. The maximum atomic E-state index is 8.54. The van der Waals surface area contributed by atoms with Crippen LogP contribution in [0.2, 0.25) is 0 Å². The summed E-state index contributed by atoms with van der Waals surface area (Å²) in [5, 5.41) is 8.54. The van der Waals surface area contributed by atoms with Crippen LogP contribution in [0.15, 0.2) is 22.7 Å². The third-order valence-corrected chi connectivity index (χ3v) is 2.03. The molecule has 0 aliphatic heterocycles. The standard InChI is InChI=1S/C9H12BrNO2/c10-7-2-3-9(8(11)6-7)13-5-1-4-12/h2-3,6,12H,1,4-5,11H2. The molecule has 3 N–H and O–H groups in total. The number of anilines is 1. The lowest BCUT2D eigenvalue weighted by atomic mass is 10.3. The van der Waals surface area contributed by atoms with E-state index in [1.807, 2.05) is 6.07 Å². The van der Waals surface area contributed by atoms with Gasteiger partial charge in [-0.15, -0.1) is 0 Å². The van der Waals surface area contributed by atoms with Crippen LogP contribution in [0, 0.1) is 0 Å². The molecule has 0 bridgehead atoms. The molecule has 1 rings (SSSR count). The predicted octanol–water partition coefficient (Wildman–Crippen LogP) is 1.79. The van der Waals surface area contributed by atoms with Gasteiger partial charge in [-0.1, -0.05) is 15.9 Å². The van der Waals surface area contributed by atoms with Gasteiger partial charge in [-0.3, -0.25) is 0 Å². The number of hydrogen-bond acceptors (Lipinski definition) is 3. The Kier molecular flexibility index (Phi) is 4.05. The lowest BCUT2D eigenvalue weighted by molar-refractivity contribution is 0.234. The molecule has 0 atom stereocenters. The summed E-state index contributed by atoms with van der Waals surface area (Å²) < 4.78 is 6.26. The van der Waals surface area contributed by atoms with Gasteiger partial charge in [0.1, 0.15) is 5.75 Å². The van der Waals surface area contributed by atoms with Crippen molar-refractivity contribution in [3.8, 4) is 5.75 Å². The van der Waals surface area contributed by atoms with Crippen LogP contribution in [0.1, 0.15) is 6.42 Å². The second kappa shape index (κ2) is 5.09. The molecule has 0 aliphatic rings. The fraction of sp³-hybridized carbons (Fsp3) is 0.333. The summed E-state index contributed by atoms with van der Waals surface area (Å²) in [6.45, 7) is 0.624. The Hall–Kier alpha value is -0.740. The molecule has 4 heteroatoms. The van der Waals surface area contributed by atoms with Crippen LogP contribution in [0.5, 0.6) is 5.75 Å². The largest absolute Gasteiger partial charge is 0.491 e. The van der Waals surface area contributed by atoms with Gasteiger partial charge in [0, 0.05) is 17.5 Å². The monoisotopic (exact) mass is 245 g/mol. The molecule has 0 amide bonds. The first-order valence-corrected chi connectivity index (χ1v) is 4.82. The zero-order chi connectivity index (χ0) is 9.68. The average Bonchev–Trinajstić information content (AvgIpc) is 2.09. The van der Waals surface area contributed by atoms with Crippen molar-refractivity contribution in [1.82, 2.24) is 0 Å². The number of benzene rings is 1. The average molecular weight is 246 g/mol. The van der Waals surface area contributed by atoms with Crippen molar-refractivity contribution in [2.24, 2.45) is 0 Å². The number of rotatable bonds is 4. The third kappa shape index (κ3) is 3.24. The molecule has 0 spiro atoms. The van der Waals surface area contributed by atoms with Crippen LogP contribution in [0.3, 0.4) is 0 Å². The Labute approximate surface area is 85.6 Å². The SMILES string of the molecule is Nc1cc(Br)ccc1OCCCO. The van der Waals surface area contributed by atoms with Crippen molar-refractivity contribution in [3.05, 3.63) is 22.7 Å². The maximum Gasteiger partial charge on any atom is 0.142 e. The molecular weight excluding hydrogens is 234 g/mol. The van der Waals surface area contributed by atoms with Gasteiger partial charge in [0.15, 0.2) is 0 Å². The van der Waals surface area contributed by atoms with Crippen LogP contribution >= 0.6 is 15.9 Å². The van der Waals surface area contributed by atoms with Gasteiger partial charge in [0.2, 0.25) is 0 Å². The van der Waals surface area contributed by atoms with Crippen molar-refractivity contribution in [2.45, 2.75) is 6.42 Å². The van der Waals surface area contributed by atoms with Crippen molar-refractivity contribution < 1.29 is 9.84 Å². The van der Waals surface area contributed by atoms with Gasteiger partial charge in [-0.2, -0.15) is 0 Å². The zero-order valence-electron chi connectivity index (χ0n) is 7.16. The van der Waals surface area contributed by atoms with E-state index < -0.39 is 0 Å². The van der Waals surface area contributed by atoms with E-state index in [9.17, 15) is 0 Å². The molecule has 1 aromatic carbocycles. The van der Waals surface area contributed by atoms with E-state index in [0.29, 0.717) is 24.5 Å². The molecule has 1 aromatic rings. The normalized spacial score (nSPS) is 10.0. The Balaban J connectivity index is 2.56. The Morgan fingerprint density at radius 3 is 2.85 bits per heavy atom. The molecule has 0 saturated heterocycles. The first kappa shape index (κ1) is 10.3. The van der Waals surface area contributed by atoms with Crippen LogP contribution < -0.4 is 10.5 Å². The number of nitrogen functional groups attached to an aromatic ring is 1. The lowest BCUT2D eigenvalue weighted by Crippen LogP contribution is -2.01. The van der Waals surface area contributed by atoms with Gasteiger partial charge in [-0.05, 0) is 18.2 Å². The van der Waals surface area contributed by atoms with E-state index in [0.717, 1.165) is 4.47 Å². The van der Waals surface area contributed by atoms with Crippen LogP contribution in [0.4, 0.5) is 5.69 Å². The Morgan fingerprint density at radius 1 is 1.46 bits per heavy atom. The van der Waals surface area contributed by atoms with E-state index in [4.69, 9.17) is 15.6 Å². The van der Waals surface area contributed by atoms with Gasteiger partial charge < -0.3 is 15.6 Å². The molecule has 0 aliphatic carbocycles. The summed E-state index contributed by atoms with van der Waals surface area (Å²) in [6, 6.07) is 5.45. The highest BCUT2D eigenvalue weighted by Gasteiger charge is 1.99. The highest BCUT2D eigenvalue weighted by Crippen LogP contribution is 2.25. The van der Waals surface area contributed by atoms with Crippen LogP contribution in [-0.2, 0) is 0 Å². The minimum atomic E-state index is 0.135. The zero-order valence-corrected chi connectivity index (χ0v) is 8.75. The van der Waals surface area contributed by atoms with E-state index >= 15 is 0 Å². The molecule has 3 nitrogen and oxygen atoms in total. The minimum Gasteiger partial charge on any atom is -0.491 e. The molecule has 72 valence electrons. The summed E-state index contributed by atoms with van der Waals surface area (Å²) in [6.07, 6.45) is 0.621. The van der Waals surface area contributed by atoms with E-state index in [-0.39, 0.29) is 6.61 Å². The van der Waals surface area contributed by atoms with Gasteiger partial charge in [0.25, 0.3) is 0 Å². The van der Waals surface area contributed by atoms with E-state index in [1.54, 1.807) is 12.1 Å².